The van der Waals surface area contributed by atoms with Crippen molar-refractivity contribution in [3.8, 4) is 11.5 Å². The van der Waals surface area contributed by atoms with Gasteiger partial charge in [-0.15, -0.1) is 0 Å². The number of ether oxygens (including phenoxy) is 2. The van der Waals surface area contributed by atoms with Gasteiger partial charge in [-0.1, -0.05) is 0 Å². The number of piperazine rings is 1. The molecule has 2 rings (SSSR count). The lowest BCUT2D eigenvalue weighted by Gasteiger charge is -2.35. The number of benzene rings is 1. The number of aliphatic imine (C=N–C) groups is 1. The van der Waals surface area contributed by atoms with E-state index in [1.165, 1.54) is 0 Å². The second-order valence-electron chi connectivity index (χ2n) is 5.57. The number of rotatable bonds is 4. The summed E-state index contributed by atoms with van der Waals surface area (Å²) in [7, 11) is 3.30. The predicted octanol–water partition coefficient (Wildman–Crippen LogP) is 1.25. The first-order valence-corrected chi connectivity index (χ1v) is 8.32. The number of nitrogens with zero attached hydrogens (tertiary/aromatic N) is 3. The summed E-state index contributed by atoms with van der Waals surface area (Å²) in [5.41, 5.74) is 0.727. The number of carbonyl (C=O) groups excluding carboxylic acids is 1. The molecule has 0 unspecified atom stereocenters. The van der Waals surface area contributed by atoms with E-state index in [0.717, 1.165) is 11.5 Å². The minimum Gasteiger partial charge on any atom is -0.508 e. The normalized spacial score (nSPS) is 15.1. The number of nitrogens with one attached hydrogen (secondary N) is 1. The van der Waals surface area contributed by atoms with Gasteiger partial charge in [0.05, 0.1) is 13.7 Å². The van der Waals surface area contributed by atoms with E-state index in [0.29, 0.717) is 45.1 Å². The second-order valence-corrected chi connectivity index (χ2v) is 5.57. The number of guanidine groups is 1. The van der Waals surface area contributed by atoms with Crippen LogP contribution in [0.4, 0.5) is 4.79 Å². The second kappa shape index (κ2) is 9.00. The summed E-state index contributed by atoms with van der Waals surface area (Å²) in [6.07, 6.45) is -0.272. The number of aromatic hydroxyl groups is 1. The van der Waals surface area contributed by atoms with E-state index in [9.17, 15) is 9.90 Å². The van der Waals surface area contributed by atoms with Gasteiger partial charge in [-0.25, -0.2) is 4.79 Å². The monoisotopic (exact) mass is 350 g/mol. The van der Waals surface area contributed by atoms with Crippen molar-refractivity contribution in [1.29, 1.82) is 0 Å². The molecule has 1 heterocycles. The molecule has 0 atom stereocenters. The van der Waals surface area contributed by atoms with Crippen molar-refractivity contribution in [3.05, 3.63) is 23.8 Å². The molecule has 1 aliphatic rings. The van der Waals surface area contributed by atoms with Crippen molar-refractivity contribution < 1.29 is 19.4 Å². The average Bonchev–Trinajstić information content (AvgIpc) is 2.64. The highest BCUT2D eigenvalue weighted by Gasteiger charge is 2.23. The zero-order valence-corrected chi connectivity index (χ0v) is 15.0. The number of carbonyl (C=O) groups is 1. The molecule has 1 aromatic rings. The van der Waals surface area contributed by atoms with Crippen LogP contribution in [-0.2, 0) is 11.3 Å². The molecule has 8 nitrogen and oxygen atoms in total. The van der Waals surface area contributed by atoms with E-state index in [1.807, 2.05) is 0 Å². The Morgan fingerprint density at radius 2 is 1.96 bits per heavy atom. The summed E-state index contributed by atoms with van der Waals surface area (Å²) >= 11 is 0. The quantitative estimate of drug-likeness (QED) is 0.628. The van der Waals surface area contributed by atoms with Crippen LogP contribution in [-0.4, -0.2) is 73.9 Å². The van der Waals surface area contributed by atoms with E-state index in [2.05, 4.69) is 15.2 Å². The molecule has 138 valence electrons. The van der Waals surface area contributed by atoms with Crippen LogP contribution in [0.15, 0.2) is 23.2 Å². The molecule has 1 saturated heterocycles. The fourth-order valence-corrected chi connectivity index (χ4v) is 2.65. The van der Waals surface area contributed by atoms with E-state index in [1.54, 1.807) is 44.2 Å². The van der Waals surface area contributed by atoms with Gasteiger partial charge >= 0.3 is 6.09 Å². The van der Waals surface area contributed by atoms with Crippen LogP contribution >= 0.6 is 0 Å². The van der Waals surface area contributed by atoms with Crippen LogP contribution in [0.25, 0.3) is 0 Å². The molecule has 0 saturated carbocycles. The molecule has 1 fully saturated rings. The molecule has 1 aromatic carbocycles. The molecule has 25 heavy (non-hydrogen) atoms. The Hall–Kier alpha value is -2.64. The van der Waals surface area contributed by atoms with Crippen molar-refractivity contribution in [3.63, 3.8) is 0 Å². The molecular weight excluding hydrogens is 324 g/mol. The van der Waals surface area contributed by atoms with Gasteiger partial charge in [0.25, 0.3) is 0 Å². The molecule has 2 N–H and O–H groups in total. The van der Waals surface area contributed by atoms with Gasteiger partial charge in [-0.2, -0.15) is 0 Å². The maximum atomic E-state index is 11.8. The molecule has 0 aromatic heterocycles. The van der Waals surface area contributed by atoms with Crippen molar-refractivity contribution in [2.45, 2.75) is 13.5 Å². The van der Waals surface area contributed by atoms with Crippen molar-refractivity contribution in [2.75, 3.05) is 46.9 Å². The third-order valence-electron chi connectivity index (χ3n) is 4.04. The average molecular weight is 350 g/mol. The van der Waals surface area contributed by atoms with Gasteiger partial charge in [0.1, 0.15) is 11.5 Å². The van der Waals surface area contributed by atoms with Gasteiger partial charge in [-0.3, -0.25) is 4.99 Å². The topological polar surface area (TPSA) is 86.6 Å². The Morgan fingerprint density at radius 1 is 1.28 bits per heavy atom. The standard InChI is InChI=1S/C17H26N4O4/c1-4-25-17(23)21-9-7-20(8-10-21)16(18-2)19-12-13-11-14(24-3)5-6-15(13)22/h5-6,11,22H,4,7-10,12H2,1-3H3,(H,18,19). The van der Waals surface area contributed by atoms with Crippen LogP contribution in [0.5, 0.6) is 11.5 Å². The van der Waals surface area contributed by atoms with Gasteiger partial charge in [-0.05, 0) is 25.1 Å². The molecule has 1 amide bonds. The van der Waals surface area contributed by atoms with Crippen LogP contribution in [0, 0.1) is 0 Å². The first-order valence-electron chi connectivity index (χ1n) is 8.32. The lowest BCUT2D eigenvalue weighted by atomic mass is 10.2. The maximum Gasteiger partial charge on any atom is 0.409 e. The summed E-state index contributed by atoms with van der Waals surface area (Å²) in [5.74, 6) is 1.62. The Morgan fingerprint density at radius 3 is 2.56 bits per heavy atom. The van der Waals surface area contributed by atoms with E-state index in [-0.39, 0.29) is 11.8 Å². The summed E-state index contributed by atoms with van der Waals surface area (Å²) < 4.78 is 10.2. The van der Waals surface area contributed by atoms with Crippen LogP contribution < -0.4 is 10.1 Å². The number of hydrogen-bond acceptors (Lipinski definition) is 5. The van der Waals surface area contributed by atoms with Gasteiger partial charge < -0.3 is 29.7 Å². The number of methoxy groups -OCH3 is 1. The van der Waals surface area contributed by atoms with Crippen molar-refractivity contribution in [1.82, 2.24) is 15.1 Å². The fourth-order valence-electron chi connectivity index (χ4n) is 2.65. The highest BCUT2D eigenvalue weighted by atomic mass is 16.6. The minimum absolute atomic E-state index is 0.205. The number of hydrogen-bond donors (Lipinski definition) is 2. The van der Waals surface area contributed by atoms with Gasteiger partial charge in [0.2, 0.25) is 0 Å². The highest BCUT2D eigenvalue weighted by molar-refractivity contribution is 5.80. The summed E-state index contributed by atoms with van der Waals surface area (Å²) in [5, 5.41) is 13.2. The summed E-state index contributed by atoms with van der Waals surface area (Å²) in [6, 6.07) is 5.10. The zero-order chi connectivity index (χ0) is 18.2. The van der Waals surface area contributed by atoms with E-state index in [4.69, 9.17) is 9.47 Å². The van der Waals surface area contributed by atoms with Crippen molar-refractivity contribution >= 4 is 12.1 Å². The Kier molecular flexibility index (Phi) is 6.73. The van der Waals surface area contributed by atoms with Crippen LogP contribution in [0.2, 0.25) is 0 Å². The van der Waals surface area contributed by atoms with E-state index >= 15 is 0 Å². The Labute approximate surface area is 148 Å². The Balaban J connectivity index is 1.90. The first-order chi connectivity index (χ1) is 12.1. The SMILES string of the molecule is CCOC(=O)N1CCN(C(=NC)NCc2cc(OC)ccc2O)CC1. The first kappa shape index (κ1) is 18.7. The van der Waals surface area contributed by atoms with Gasteiger partial charge in [0.15, 0.2) is 5.96 Å². The van der Waals surface area contributed by atoms with E-state index < -0.39 is 0 Å². The number of amides is 1. The minimum atomic E-state index is -0.272. The van der Waals surface area contributed by atoms with Crippen LogP contribution in [0.3, 0.4) is 0 Å². The third kappa shape index (κ3) is 4.91. The molecule has 1 aliphatic heterocycles. The predicted molar refractivity (Wildman–Crippen MR) is 95.0 cm³/mol. The zero-order valence-electron chi connectivity index (χ0n) is 15.0. The van der Waals surface area contributed by atoms with Gasteiger partial charge in [0, 0.05) is 45.3 Å². The van der Waals surface area contributed by atoms with Crippen LogP contribution in [0.1, 0.15) is 12.5 Å². The fraction of sp³-hybridized carbons (Fsp3) is 0.529. The molecule has 0 radical (unpaired) electrons. The lowest BCUT2D eigenvalue weighted by Crippen LogP contribution is -2.53. The molecule has 0 bridgehead atoms. The third-order valence-corrected chi connectivity index (χ3v) is 4.04. The highest BCUT2D eigenvalue weighted by Crippen LogP contribution is 2.22. The molecule has 0 aliphatic carbocycles. The van der Waals surface area contributed by atoms with Crippen molar-refractivity contribution in [2.24, 2.45) is 4.99 Å². The number of phenolic OH excluding ortho intramolecular Hbond substituents is 1. The number of phenols is 1. The molecular formula is C17H26N4O4. The molecule has 0 spiro atoms. The summed E-state index contributed by atoms with van der Waals surface area (Å²) in [4.78, 5) is 19.8. The smallest absolute Gasteiger partial charge is 0.409 e. The Bertz CT molecular complexity index is 613. The maximum absolute atomic E-state index is 11.8. The molecule has 8 heteroatoms. The largest absolute Gasteiger partial charge is 0.508 e. The summed E-state index contributed by atoms with van der Waals surface area (Å²) in [6.45, 7) is 5.12. The lowest BCUT2D eigenvalue weighted by molar-refractivity contribution is 0.0914.